The molecule has 88 valence electrons. The highest BCUT2D eigenvalue weighted by Gasteiger charge is 2.53. The molecule has 5 heteroatoms. The molecule has 0 aromatic heterocycles. The van der Waals surface area contributed by atoms with Crippen LogP contribution in [0.1, 0.15) is 18.4 Å². The Morgan fingerprint density at radius 1 is 1.25 bits per heavy atom. The Labute approximate surface area is 95.5 Å². The maximum atomic E-state index is 11.3. The van der Waals surface area contributed by atoms with Gasteiger partial charge in [-0.05, 0) is 18.4 Å². The van der Waals surface area contributed by atoms with Gasteiger partial charge in [0.05, 0.1) is 13.2 Å². The van der Waals surface area contributed by atoms with E-state index in [2.05, 4.69) is 0 Å². The van der Waals surface area contributed by atoms with Gasteiger partial charge >= 0.3 is 0 Å². The van der Waals surface area contributed by atoms with E-state index < -0.39 is 14.8 Å². The number of rotatable bonds is 5. The molecular formula is C11H15NO3S. The second-order valence-corrected chi connectivity index (χ2v) is 6.16. The first kappa shape index (κ1) is 11.6. The maximum absolute atomic E-state index is 11.3. The Hall–Kier alpha value is -0.910. The standard InChI is InChI=1S/C11H15NO3S/c12-16(13,14)11(6-7-11)9-15-8-10-4-2-1-3-5-10/h1-5H,6-9H2,(H2,12,13,14). The molecule has 1 aliphatic carbocycles. The average Bonchev–Trinajstić information content (AvgIpc) is 3.00. The topological polar surface area (TPSA) is 69.4 Å². The molecule has 0 atom stereocenters. The van der Waals surface area contributed by atoms with E-state index in [1.807, 2.05) is 30.3 Å². The Balaban J connectivity index is 1.86. The first-order chi connectivity index (χ1) is 7.54. The summed E-state index contributed by atoms with van der Waals surface area (Å²) in [5, 5.41) is 5.15. The number of primary sulfonamides is 1. The molecule has 1 fully saturated rings. The lowest BCUT2D eigenvalue weighted by molar-refractivity contribution is 0.116. The molecule has 0 unspecified atom stereocenters. The molecule has 1 aromatic rings. The summed E-state index contributed by atoms with van der Waals surface area (Å²) in [7, 11) is -3.47. The van der Waals surface area contributed by atoms with Crippen molar-refractivity contribution in [2.75, 3.05) is 6.61 Å². The quantitative estimate of drug-likeness (QED) is 0.837. The molecule has 0 aliphatic heterocycles. The van der Waals surface area contributed by atoms with Crippen molar-refractivity contribution in [2.24, 2.45) is 5.14 Å². The first-order valence-electron chi connectivity index (χ1n) is 5.18. The van der Waals surface area contributed by atoms with Crippen molar-refractivity contribution in [1.82, 2.24) is 0 Å². The third kappa shape index (κ3) is 2.42. The van der Waals surface area contributed by atoms with Crippen molar-refractivity contribution < 1.29 is 13.2 Å². The van der Waals surface area contributed by atoms with Crippen molar-refractivity contribution in [2.45, 2.75) is 24.2 Å². The molecule has 2 rings (SSSR count). The van der Waals surface area contributed by atoms with Gasteiger partial charge in [-0.15, -0.1) is 0 Å². The van der Waals surface area contributed by atoms with Crippen LogP contribution in [-0.4, -0.2) is 19.8 Å². The molecule has 0 saturated heterocycles. The van der Waals surface area contributed by atoms with Crippen molar-refractivity contribution >= 4 is 10.0 Å². The minimum absolute atomic E-state index is 0.195. The van der Waals surface area contributed by atoms with E-state index in [1.54, 1.807) is 0 Å². The Kier molecular flexibility index (Phi) is 3.01. The van der Waals surface area contributed by atoms with Gasteiger partial charge in [-0.25, -0.2) is 13.6 Å². The van der Waals surface area contributed by atoms with Crippen LogP contribution in [0, 0.1) is 0 Å². The van der Waals surface area contributed by atoms with Gasteiger partial charge in [-0.3, -0.25) is 0 Å². The van der Waals surface area contributed by atoms with Gasteiger partial charge in [0.25, 0.3) is 0 Å². The molecule has 16 heavy (non-hydrogen) atoms. The Morgan fingerprint density at radius 3 is 2.38 bits per heavy atom. The summed E-state index contributed by atoms with van der Waals surface area (Å²) in [6.45, 7) is 0.624. The summed E-state index contributed by atoms with van der Waals surface area (Å²) in [6, 6.07) is 9.65. The molecule has 0 bridgehead atoms. The lowest BCUT2D eigenvalue weighted by Crippen LogP contribution is -2.34. The van der Waals surface area contributed by atoms with Crippen LogP contribution in [0.15, 0.2) is 30.3 Å². The molecule has 0 spiro atoms. The summed E-state index contributed by atoms with van der Waals surface area (Å²) in [4.78, 5) is 0. The minimum atomic E-state index is -3.47. The van der Waals surface area contributed by atoms with Gasteiger partial charge in [-0.1, -0.05) is 30.3 Å². The summed E-state index contributed by atoms with van der Waals surface area (Å²) < 4.78 is 27.1. The number of benzene rings is 1. The molecule has 0 radical (unpaired) electrons. The van der Waals surface area contributed by atoms with Crippen LogP contribution >= 0.6 is 0 Å². The van der Waals surface area contributed by atoms with Gasteiger partial charge in [0.2, 0.25) is 10.0 Å². The van der Waals surface area contributed by atoms with Gasteiger partial charge in [0, 0.05) is 0 Å². The minimum Gasteiger partial charge on any atom is -0.375 e. The van der Waals surface area contributed by atoms with Crippen molar-refractivity contribution in [3.05, 3.63) is 35.9 Å². The van der Waals surface area contributed by atoms with Crippen LogP contribution in [0.4, 0.5) is 0 Å². The predicted octanol–water partition coefficient (Wildman–Crippen LogP) is 1.02. The molecule has 1 aliphatic rings. The van der Waals surface area contributed by atoms with Crippen LogP contribution in [-0.2, 0) is 21.4 Å². The Bertz CT molecular complexity index is 451. The van der Waals surface area contributed by atoms with Crippen LogP contribution in [0.25, 0.3) is 0 Å². The van der Waals surface area contributed by atoms with E-state index in [0.29, 0.717) is 19.4 Å². The van der Waals surface area contributed by atoms with Crippen LogP contribution < -0.4 is 5.14 Å². The van der Waals surface area contributed by atoms with Crippen molar-refractivity contribution in [3.8, 4) is 0 Å². The highest BCUT2D eigenvalue weighted by molar-refractivity contribution is 7.90. The lowest BCUT2D eigenvalue weighted by atomic mass is 10.2. The van der Waals surface area contributed by atoms with Gasteiger partial charge in [0.1, 0.15) is 4.75 Å². The van der Waals surface area contributed by atoms with Gasteiger partial charge < -0.3 is 4.74 Å². The Morgan fingerprint density at radius 2 is 1.88 bits per heavy atom. The molecule has 0 amide bonds. The number of hydrogen-bond acceptors (Lipinski definition) is 3. The maximum Gasteiger partial charge on any atom is 0.217 e. The first-order valence-corrected chi connectivity index (χ1v) is 6.72. The van der Waals surface area contributed by atoms with Crippen molar-refractivity contribution in [3.63, 3.8) is 0 Å². The van der Waals surface area contributed by atoms with Crippen LogP contribution in [0.5, 0.6) is 0 Å². The van der Waals surface area contributed by atoms with Gasteiger partial charge in [-0.2, -0.15) is 0 Å². The number of hydrogen-bond donors (Lipinski definition) is 1. The molecule has 1 saturated carbocycles. The monoisotopic (exact) mass is 241 g/mol. The second-order valence-electron chi connectivity index (χ2n) is 4.21. The van der Waals surface area contributed by atoms with E-state index in [-0.39, 0.29) is 6.61 Å². The molecular weight excluding hydrogens is 226 g/mol. The third-order valence-corrected chi connectivity index (χ3v) is 4.62. The van der Waals surface area contributed by atoms with Crippen LogP contribution in [0.3, 0.4) is 0 Å². The second kappa shape index (κ2) is 4.16. The summed E-state index contributed by atoms with van der Waals surface area (Å²) in [6.07, 6.45) is 1.22. The molecule has 2 N–H and O–H groups in total. The van der Waals surface area contributed by atoms with E-state index in [0.717, 1.165) is 5.56 Å². The van der Waals surface area contributed by atoms with Crippen molar-refractivity contribution in [1.29, 1.82) is 0 Å². The predicted molar refractivity (Wildman–Crippen MR) is 61.2 cm³/mol. The molecule has 0 heterocycles. The van der Waals surface area contributed by atoms with E-state index in [9.17, 15) is 8.42 Å². The van der Waals surface area contributed by atoms with Crippen LogP contribution in [0.2, 0.25) is 0 Å². The summed E-state index contributed by atoms with van der Waals surface area (Å²) >= 11 is 0. The summed E-state index contributed by atoms with van der Waals surface area (Å²) in [5.74, 6) is 0. The molecule has 1 aromatic carbocycles. The summed E-state index contributed by atoms with van der Waals surface area (Å²) in [5.41, 5.74) is 1.03. The number of sulfonamides is 1. The SMILES string of the molecule is NS(=O)(=O)C1(COCc2ccccc2)CC1. The average molecular weight is 241 g/mol. The lowest BCUT2D eigenvalue weighted by Gasteiger charge is -2.12. The zero-order valence-corrected chi connectivity index (χ0v) is 9.74. The highest BCUT2D eigenvalue weighted by atomic mass is 32.2. The largest absolute Gasteiger partial charge is 0.375 e. The molecule has 4 nitrogen and oxygen atoms in total. The zero-order valence-electron chi connectivity index (χ0n) is 8.93. The fraction of sp³-hybridized carbons (Fsp3) is 0.455. The van der Waals surface area contributed by atoms with E-state index >= 15 is 0 Å². The fourth-order valence-corrected chi connectivity index (χ4v) is 2.50. The van der Waals surface area contributed by atoms with E-state index in [1.165, 1.54) is 0 Å². The third-order valence-electron chi connectivity index (χ3n) is 2.89. The zero-order chi connectivity index (χ0) is 11.6. The van der Waals surface area contributed by atoms with Gasteiger partial charge in [0.15, 0.2) is 0 Å². The number of nitrogens with two attached hydrogens (primary N) is 1. The smallest absolute Gasteiger partial charge is 0.217 e. The highest BCUT2D eigenvalue weighted by Crippen LogP contribution is 2.42. The van der Waals surface area contributed by atoms with E-state index in [4.69, 9.17) is 9.88 Å². The normalized spacial score (nSPS) is 18.3. The number of ether oxygens (including phenoxy) is 1. The fourth-order valence-electron chi connectivity index (χ4n) is 1.58.